The lowest BCUT2D eigenvalue weighted by molar-refractivity contribution is 0.256. The molecule has 0 aliphatic carbocycles. The maximum atomic E-state index is 12.4. The molecule has 0 aliphatic heterocycles. The van der Waals surface area contributed by atoms with Gasteiger partial charge in [-0.3, -0.25) is 10.0 Å². The van der Waals surface area contributed by atoms with Crippen LogP contribution in [-0.2, 0) is 20.0 Å². The van der Waals surface area contributed by atoms with E-state index in [-0.39, 0.29) is 29.3 Å². The van der Waals surface area contributed by atoms with Crippen LogP contribution in [0.5, 0.6) is 11.8 Å². The van der Waals surface area contributed by atoms with Crippen molar-refractivity contribution >= 4 is 37.8 Å². The van der Waals surface area contributed by atoms with Crippen molar-refractivity contribution in [2.75, 3.05) is 30.0 Å². The van der Waals surface area contributed by atoms with Crippen LogP contribution in [0.1, 0.15) is 13.3 Å². The number of carbonyl (C=O) groups excluding carboxylic acids is 1. The molecule has 0 fully saturated rings. The molecule has 3 N–H and O–H groups in total. The molecule has 0 bridgehead atoms. The Balaban J connectivity index is 2.17. The number of anilines is 2. The van der Waals surface area contributed by atoms with Crippen LogP contribution in [-0.4, -0.2) is 57.8 Å². The van der Waals surface area contributed by atoms with Crippen LogP contribution < -0.4 is 24.2 Å². The van der Waals surface area contributed by atoms with E-state index < -0.39 is 31.1 Å². The van der Waals surface area contributed by atoms with Gasteiger partial charge in [0.2, 0.25) is 27.7 Å². The van der Waals surface area contributed by atoms with Gasteiger partial charge in [-0.25, -0.2) is 22.9 Å². The fourth-order valence-electron chi connectivity index (χ4n) is 2.07. The van der Waals surface area contributed by atoms with Gasteiger partial charge in [0.15, 0.2) is 5.03 Å². The molecule has 0 saturated heterocycles. The van der Waals surface area contributed by atoms with E-state index in [4.69, 9.17) is 9.47 Å². The molecular formula is C15H20N6O7S2. The summed E-state index contributed by atoms with van der Waals surface area (Å²) >= 11 is 0. The number of hydrogen-bond acceptors (Lipinski definition) is 10. The summed E-state index contributed by atoms with van der Waals surface area (Å²) in [6, 6.07) is 3.83. The van der Waals surface area contributed by atoms with Crippen LogP contribution in [0.4, 0.5) is 16.6 Å². The summed E-state index contributed by atoms with van der Waals surface area (Å²) in [4.78, 5) is 23.5. The van der Waals surface area contributed by atoms with Crippen molar-refractivity contribution in [3.63, 3.8) is 0 Å². The highest BCUT2D eigenvalue weighted by Crippen LogP contribution is 2.17. The molecule has 0 atom stereocenters. The first kappa shape index (κ1) is 23.1. The molecule has 0 saturated carbocycles. The maximum absolute atomic E-state index is 12.4. The van der Waals surface area contributed by atoms with Crippen molar-refractivity contribution in [3.8, 4) is 11.8 Å². The number of nitrogens with zero attached hydrogens (tertiary/aromatic N) is 3. The van der Waals surface area contributed by atoms with Crippen LogP contribution in [0.3, 0.4) is 0 Å². The normalized spacial score (nSPS) is 11.4. The molecule has 0 radical (unpaired) electrons. The van der Waals surface area contributed by atoms with E-state index in [1.807, 2.05) is 0 Å². The number of pyridine rings is 1. The molecule has 30 heavy (non-hydrogen) atoms. The molecular weight excluding hydrogens is 440 g/mol. The van der Waals surface area contributed by atoms with Gasteiger partial charge in [-0.1, -0.05) is 13.0 Å². The molecule has 2 rings (SSSR count). The largest absolute Gasteiger partial charge is 0.481 e. The molecule has 13 nitrogen and oxygen atoms in total. The zero-order valence-electron chi connectivity index (χ0n) is 16.2. The van der Waals surface area contributed by atoms with E-state index in [0.717, 1.165) is 6.07 Å². The Hall–Kier alpha value is -3.20. The van der Waals surface area contributed by atoms with Gasteiger partial charge < -0.3 is 9.47 Å². The second-order valence-corrected chi connectivity index (χ2v) is 9.09. The van der Waals surface area contributed by atoms with Gasteiger partial charge in [0.05, 0.1) is 26.0 Å². The summed E-state index contributed by atoms with van der Waals surface area (Å²) in [6.45, 7) is 1.68. The Morgan fingerprint density at radius 2 is 1.67 bits per heavy atom. The van der Waals surface area contributed by atoms with Crippen molar-refractivity contribution in [3.05, 3.63) is 24.3 Å². The fraction of sp³-hybridized carbons (Fsp3) is 0.333. The summed E-state index contributed by atoms with van der Waals surface area (Å²) in [7, 11) is -5.43. The molecule has 2 heterocycles. The number of hydrogen-bond donors (Lipinski definition) is 3. The van der Waals surface area contributed by atoms with Crippen molar-refractivity contribution in [1.82, 2.24) is 19.7 Å². The quantitative estimate of drug-likeness (QED) is 0.478. The van der Waals surface area contributed by atoms with E-state index in [0.29, 0.717) is 6.42 Å². The maximum Gasteiger partial charge on any atom is 0.335 e. The number of aromatic nitrogens is 3. The molecule has 0 aliphatic rings. The van der Waals surface area contributed by atoms with Crippen LogP contribution in [0, 0.1) is 0 Å². The number of sulfonamides is 2. The topological polar surface area (TPSA) is 179 Å². The van der Waals surface area contributed by atoms with E-state index in [1.54, 1.807) is 11.6 Å². The fourth-order valence-corrected chi connectivity index (χ4v) is 4.02. The van der Waals surface area contributed by atoms with Gasteiger partial charge in [0, 0.05) is 0 Å². The van der Waals surface area contributed by atoms with Crippen LogP contribution in [0.2, 0.25) is 0 Å². The highest BCUT2D eigenvalue weighted by molar-refractivity contribution is 7.92. The number of rotatable bonds is 9. The van der Waals surface area contributed by atoms with E-state index >= 15 is 0 Å². The summed E-state index contributed by atoms with van der Waals surface area (Å²) in [6.07, 6.45) is 0.367. The van der Waals surface area contributed by atoms with E-state index in [1.165, 1.54) is 32.4 Å². The molecule has 2 aromatic heterocycles. The lowest BCUT2D eigenvalue weighted by atomic mass is 10.5. The first-order valence-electron chi connectivity index (χ1n) is 8.37. The Morgan fingerprint density at radius 1 is 1.03 bits per heavy atom. The Kier molecular flexibility index (Phi) is 7.33. The molecule has 164 valence electrons. The Morgan fingerprint density at radius 3 is 2.23 bits per heavy atom. The van der Waals surface area contributed by atoms with E-state index in [9.17, 15) is 21.6 Å². The smallest absolute Gasteiger partial charge is 0.335 e. The first-order chi connectivity index (χ1) is 14.1. The van der Waals surface area contributed by atoms with Crippen molar-refractivity contribution in [1.29, 1.82) is 0 Å². The predicted molar refractivity (Wildman–Crippen MR) is 106 cm³/mol. The van der Waals surface area contributed by atoms with Gasteiger partial charge in [0.25, 0.3) is 10.0 Å². The molecule has 0 aromatic carbocycles. The zero-order valence-corrected chi connectivity index (χ0v) is 17.9. The summed E-state index contributed by atoms with van der Waals surface area (Å²) in [5.41, 5.74) is 0. The summed E-state index contributed by atoms with van der Waals surface area (Å²) in [5.74, 6) is -0.473. The monoisotopic (exact) mass is 460 g/mol. The third-order valence-corrected chi connectivity index (χ3v) is 5.98. The number of ether oxygens (including phenoxy) is 2. The van der Waals surface area contributed by atoms with Gasteiger partial charge >= 0.3 is 6.03 Å². The number of urea groups is 1. The van der Waals surface area contributed by atoms with Crippen LogP contribution in [0.15, 0.2) is 29.3 Å². The lowest BCUT2D eigenvalue weighted by Gasteiger charge is -2.10. The zero-order chi connectivity index (χ0) is 22.4. The highest BCUT2D eigenvalue weighted by atomic mass is 32.2. The Bertz CT molecular complexity index is 1100. The molecule has 0 unspecified atom stereocenters. The average molecular weight is 460 g/mol. The third-order valence-electron chi connectivity index (χ3n) is 3.28. The molecule has 2 aromatic rings. The van der Waals surface area contributed by atoms with Crippen LogP contribution >= 0.6 is 0 Å². The van der Waals surface area contributed by atoms with Gasteiger partial charge in [0.1, 0.15) is 5.82 Å². The van der Waals surface area contributed by atoms with Crippen molar-refractivity contribution in [2.45, 2.75) is 18.4 Å². The number of methoxy groups -OCH3 is 2. The minimum absolute atomic E-state index is 0.0775. The minimum Gasteiger partial charge on any atom is -0.481 e. The van der Waals surface area contributed by atoms with Crippen molar-refractivity contribution < 1.29 is 31.1 Å². The second kappa shape index (κ2) is 9.53. The third kappa shape index (κ3) is 6.41. The lowest BCUT2D eigenvalue weighted by Crippen LogP contribution is -2.35. The van der Waals surface area contributed by atoms with Crippen LogP contribution in [0.25, 0.3) is 0 Å². The average Bonchev–Trinajstić information content (AvgIpc) is 2.66. The highest BCUT2D eigenvalue weighted by Gasteiger charge is 2.21. The standard InChI is InChI=1S/C15H20N6O7S2/c1-4-8-29(23,24)20-10-6-5-7-13(16-10)30(25,26)21-15(22)19-14-17-11(27-2)9-12(18-14)28-3/h5-7,9H,4,8H2,1-3H3,(H,16,20)(H2,17,18,19,21,22). The van der Waals surface area contributed by atoms with E-state index in [2.05, 4.69) is 25.0 Å². The summed E-state index contributed by atoms with van der Waals surface area (Å²) in [5, 5.41) is 1.57. The molecule has 2 amide bonds. The summed E-state index contributed by atoms with van der Waals surface area (Å²) < 4.78 is 62.3. The van der Waals surface area contributed by atoms with Gasteiger partial charge in [-0.05, 0) is 18.6 Å². The number of nitrogens with one attached hydrogen (secondary N) is 3. The predicted octanol–water partition coefficient (Wildman–Crippen LogP) is 0.551. The number of carbonyl (C=O) groups is 1. The first-order valence-corrected chi connectivity index (χ1v) is 11.5. The number of amides is 2. The van der Waals surface area contributed by atoms with Gasteiger partial charge in [-0.15, -0.1) is 0 Å². The Labute approximate surface area is 173 Å². The minimum atomic E-state index is -4.43. The SMILES string of the molecule is CCCS(=O)(=O)Nc1cccc(S(=O)(=O)NC(=O)Nc2nc(OC)cc(OC)n2)n1. The molecule has 15 heteroatoms. The molecule has 0 spiro atoms. The van der Waals surface area contributed by atoms with Crippen molar-refractivity contribution in [2.24, 2.45) is 0 Å². The second-order valence-electron chi connectivity index (χ2n) is 5.62. The van der Waals surface area contributed by atoms with Gasteiger partial charge in [-0.2, -0.15) is 18.4 Å².